The number of hydrogen-bond acceptors (Lipinski definition) is 6. The highest BCUT2D eigenvalue weighted by molar-refractivity contribution is 5.78. The van der Waals surface area contributed by atoms with Crippen molar-refractivity contribution in [2.24, 2.45) is 10.9 Å². The third-order valence-electron chi connectivity index (χ3n) is 4.49. The number of guanidine groups is 1. The van der Waals surface area contributed by atoms with Gasteiger partial charge >= 0.3 is 6.18 Å². The molecule has 156 valence electrons. The zero-order chi connectivity index (χ0) is 21.0. The van der Waals surface area contributed by atoms with Gasteiger partial charge in [0.2, 0.25) is 17.7 Å². The van der Waals surface area contributed by atoms with Gasteiger partial charge in [-0.3, -0.25) is 0 Å². The van der Waals surface area contributed by atoms with Crippen molar-refractivity contribution in [3.8, 4) is 17.1 Å². The summed E-state index contributed by atoms with van der Waals surface area (Å²) in [5.41, 5.74) is 4.86. The number of hydrogen-bond donors (Lipinski definition) is 2. The first-order chi connectivity index (χ1) is 13.8. The van der Waals surface area contributed by atoms with E-state index in [1.165, 1.54) is 12.1 Å². The normalized spacial score (nSPS) is 18.0. The summed E-state index contributed by atoms with van der Waals surface area (Å²) in [5, 5.41) is 15.7. The number of aromatic nitrogens is 2. The molecular weight excluding hydrogens is 391 g/mol. The molecule has 0 spiro atoms. The molecule has 1 fully saturated rings. The summed E-state index contributed by atoms with van der Waals surface area (Å²) >= 11 is 0. The molecule has 3 N–H and O–H groups in total. The van der Waals surface area contributed by atoms with Gasteiger partial charge < -0.3 is 25.1 Å². The van der Waals surface area contributed by atoms with Gasteiger partial charge in [0.15, 0.2) is 0 Å². The van der Waals surface area contributed by atoms with Crippen LogP contribution in [0.25, 0.3) is 11.4 Å². The van der Waals surface area contributed by atoms with Crippen molar-refractivity contribution in [2.75, 3.05) is 13.2 Å². The molecule has 1 saturated heterocycles. The van der Waals surface area contributed by atoms with Crippen LogP contribution in [0, 0.1) is 0 Å². The van der Waals surface area contributed by atoms with Crippen LogP contribution >= 0.6 is 0 Å². The minimum absolute atomic E-state index is 0.0110. The fraction of sp³-hybridized carbons (Fsp3) is 0.389. The van der Waals surface area contributed by atoms with Crippen molar-refractivity contribution in [3.05, 3.63) is 41.8 Å². The number of nitrogens with zero attached hydrogens (tertiary/aromatic N) is 4. The quantitative estimate of drug-likeness (QED) is 0.255. The zero-order valence-corrected chi connectivity index (χ0v) is 15.6. The first-order valence-corrected chi connectivity index (χ1v) is 8.88. The molecule has 2 heterocycles. The lowest BCUT2D eigenvalue weighted by atomic mass is 10.1. The van der Waals surface area contributed by atoms with Gasteiger partial charge in [-0.25, -0.2) is 0 Å². The smallest absolute Gasteiger partial charge is 0.419 e. The lowest BCUT2D eigenvalue weighted by Gasteiger charge is -2.21. The van der Waals surface area contributed by atoms with Crippen LogP contribution in [0.1, 0.15) is 37.3 Å². The lowest BCUT2D eigenvalue weighted by Crippen LogP contribution is -2.36. The van der Waals surface area contributed by atoms with E-state index in [2.05, 4.69) is 15.3 Å². The number of allylic oxidation sites excluding steroid dienone is 1. The van der Waals surface area contributed by atoms with Crippen LogP contribution in [0.15, 0.2) is 40.0 Å². The number of alkyl halides is 3. The Hall–Kier alpha value is -3.24. The van der Waals surface area contributed by atoms with E-state index in [1.807, 2.05) is 0 Å². The second-order valence-electron chi connectivity index (χ2n) is 6.35. The predicted octanol–water partition coefficient (Wildman–Crippen LogP) is 3.55. The Morgan fingerprint density at radius 3 is 2.97 bits per heavy atom. The summed E-state index contributed by atoms with van der Waals surface area (Å²) in [6, 6.07) is 3.19. The second-order valence-corrected chi connectivity index (χ2v) is 6.35. The molecule has 0 saturated carbocycles. The van der Waals surface area contributed by atoms with Gasteiger partial charge in [-0.2, -0.15) is 18.2 Å². The number of likely N-dealkylation sites (tertiary alicyclic amines) is 1. The molecule has 0 bridgehead atoms. The summed E-state index contributed by atoms with van der Waals surface area (Å²) in [7, 11) is 0. The molecule has 1 atom stereocenters. The third kappa shape index (κ3) is 4.44. The van der Waals surface area contributed by atoms with Gasteiger partial charge in [0.25, 0.3) is 0 Å². The van der Waals surface area contributed by atoms with Crippen LogP contribution in [-0.4, -0.2) is 39.4 Å². The largest absolute Gasteiger partial charge is 0.489 e. The molecule has 11 heteroatoms. The second kappa shape index (κ2) is 8.41. The molecule has 1 aromatic heterocycles. The van der Waals surface area contributed by atoms with Crippen molar-refractivity contribution >= 4 is 5.96 Å². The van der Waals surface area contributed by atoms with E-state index in [9.17, 15) is 13.2 Å². The molecular formula is C18H20F3N5O3. The van der Waals surface area contributed by atoms with Crippen molar-refractivity contribution < 1.29 is 27.6 Å². The molecule has 0 aliphatic carbocycles. The molecule has 1 aromatic carbocycles. The minimum Gasteiger partial charge on any atom is -0.489 e. The standard InChI is InChI=1S/C18H20F3N5O3/c1-2-3-9-28-14-7-6-11(10-12(14)18(19,20)21)15-23-16(29-25-15)13-5-4-8-26(13)17(22)24-27/h2-3,6-7,10,13,27H,4-5,8-9H2,1H3,(H2,22,24)/b3-2+/t13-/m0/s1. The maximum Gasteiger partial charge on any atom is 0.419 e. The summed E-state index contributed by atoms with van der Waals surface area (Å²) in [4.78, 5) is 5.82. The van der Waals surface area contributed by atoms with Gasteiger partial charge in [0.1, 0.15) is 18.4 Å². The fourth-order valence-electron chi connectivity index (χ4n) is 3.09. The van der Waals surface area contributed by atoms with E-state index in [1.54, 1.807) is 24.0 Å². The van der Waals surface area contributed by atoms with Gasteiger partial charge in [-0.05, 0) is 38.0 Å². The molecule has 29 heavy (non-hydrogen) atoms. The Morgan fingerprint density at radius 2 is 2.28 bits per heavy atom. The van der Waals surface area contributed by atoms with Gasteiger partial charge in [-0.15, -0.1) is 0 Å². The Bertz CT molecular complexity index is 910. The highest BCUT2D eigenvalue weighted by atomic mass is 19.4. The van der Waals surface area contributed by atoms with Crippen molar-refractivity contribution in [1.29, 1.82) is 0 Å². The molecule has 0 amide bonds. The topological polar surface area (TPSA) is 110 Å². The fourth-order valence-corrected chi connectivity index (χ4v) is 3.09. The van der Waals surface area contributed by atoms with Crippen LogP contribution < -0.4 is 10.5 Å². The Kier molecular flexibility index (Phi) is 5.95. The molecule has 2 aromatic rings. The van der Waals surface area contributed by atoms with E-state index < -0.39 is 17.8 Å². The predicted molar refractivity (Wildman–Crippen MR) is 97.1 cm³/mol. The first-order valence-electron chi connectivity index (χ1n) is 8.88. The van der Waals surface area contributed by atoms with Crippen LogP contribution in [0.2, 0.25) is 0 Å². The van der Waals surface area contributed by atoms with Crippen LogP contribution in [0.3, 0.4) is 0 Å². The van der Waals surface area contributed by atoms with Gasteiger partial charge in [-0.1, -0.05) is 22.5 Å². The Morgan fingerprint density at radius 1 is 1.48 bits per heavy atom. The third-order valence-corrected chi connectivity index (χ3v) is 4.49. The molecule has 0 radical (unpaired) electrons. The highest BCUT2D eigenvalue weighted by Gasteiger charge is 2.36. The Balaban J connectivity index is 1.90. The molecule has 0 unspecified atom stereocenters. The average molecular weight is 411 g/mol. The van der Waals surface area contributed by atoms with E-state index in [-0.39, 0.29) is 35.6 Å². The van der Waals surface area contributed by atoms with E-state index in [4.69, 9.17) is 20.2 Å². The maximum atomic E-state index is 13.5. The lowest BCUT2D eigenvalue weighted by molar-refractivity contribution is -0.138. The van der Waals surface area contributed by atoms with Gasteiger partial charge in [0, 0.05) is 12.1 Å². The maximum absolute atomic E-state index is 13.5. The van der Waals surface area contributed by atoms with E-state index in [0.717, 1.165) is 12.5 Å². The molecule has 3 rings (SSSR count). The van der Waals surface area contributed by atoms with Crippen LogP contribution in [0.4, 0.5) is 13.2 Å². The molecule has 1 aliphatic rings. The zero-order valence-electron chi connectivity index (χ0n) is 15.6. The van der Waals surface area contributed by atoms with Crippen molar-refractivity contribution in [2.45, 2.75) is 32.0 Å². The van der Waals surface area contributed by atoms with Gasteiger partial charge in [0.05, 0.1) is 5.56 Å². The number of benzene rings is 1. The van der Waals surface area contributed by atoms with Crippen molar-refractivity contribution in [3.63, 3.8) is 0 Å². The van der Waals surface area contributed by atoms with Crippen LogP contribution in [-0.2, 0) is 6.18 Å². The Labute approximate surface area is 164 Å². The SMILES string of the molecule is C/C=C/COc1ccc(-c2noc([C@@H]3CCCN3/C(N)=N/O)n2)cc1C(F)(F)F. The van der Waals surface area contributed by atoms with E-state index in [0.29, 0.717) is 13.0 Å². The molecule has 8 nitrogen and oxygen atoms in total. The number of rotatable bonds is 5. The van der Waals surface area contributed by atoms with E-state index >= 15 is 0 Å². The minimum atomic E-state index is -4.61. The first kappa shape index (κ1) is 20.5. The summed E-state index contributed by atoms with van der Waals surface area (Å²) in [6.45, 7) is 2.31. The van der Waals surface area contributed by atoms with Crippen molar-refractivity contribution in [1.82, 2.24) is 15.0 Å². The van der Waals surface area contributed by atoms with Crippen LogP contribution in [0.5, 0.6) is 5.75 Å². The highest BCUT2D eigenvalue weighted by Crippen LogP contribution is 2.39. The number of ether oxygens (including phenoxy) is 1. The average Bonchev–Trinajstić information content (AvgIpc) is 3.36. The summed E-state index contributed by atoms with van der Waals surface area (Å²) in [5.74, 6) is -0.172. The number of nitrogens with two attached hydrogens (primary N) is 1. The number of halogens is 3. The monoisotopic (exact) mass is 411 g/mol. The number of oxime groups is 1. The molecule has 1 aliphatic heterocycles. The summed E-state index contributed by atoms with van der Waals surface area (Å²) < 4.78 is 50.8. The summed E-state index contributed by atoms with van der Waals surface area (Å²) in [6.07, 6.45) is 0.0673.